The Bertz CT molecular complexity index is 1600. The molecule has 2 aromatic heterocycles. The Morgan fingerprint density at radius 2 is 1.43 bits per heavy atom. The molecule has 0 fully saturated rings. The van der Waals surface area contributed by atoms with Gasteiger partial charge in [0.05, 0.1) is 27.7 Å². The summed E-state index contributed by atoms with van der Waals surface area (Å²) in [6, 6.07) is 15.8. The van der Waals surface area contributed by atoms with E-state index in [1.807, 2.05) is 47.0 Å². The highest BCUT2D eigenvalue weighted by Crippen LogP contribution is 2.46. The molecule has 0 saturated heterocycles. The maximum atomic E-state index is 13.0. The lowest BCUT2D eigenvalue weighted by Gasteiger charge is -2.21. The molecule has 0 aliphatic carbocycles. The Morgan fingerprint density at radius 1 is 0.833 bits per heavy atom. The van der Waals surface area contributed by atoms with Gasteiger partial charge in [-0.2, -0.15) is 0 Å². The molecule has 2 N–H and O–H groups in total. The highest BCUT2D eigenvalue weighted by atomic mass is 16.3. The van der Waals surface area contributed by atoms with Gasteiger partial charge in [0.15, 0.2) is 0 Å². The van der Waals surface area contributed by atoms with Crippen LogP contribution in [-0.2, 0) is 6.54 Å². The largest absolute Gasteiger partial charge is 0.373 e. The Kier molecular flexibility index (Phi) is 2.85. The first-order valence-corrected chi connectivity index (χ1v) is 10.2. The summed E-state index contributed by atoms with van der Waals surface area (Å²) in [5.41, 5.74) is 4.55. The third kappa shape index (κ3) is 1.70. The molecule has 6 nitrogen and oxygen atoms in total. The Hall–Kier alpha value is -3.64. The van der Waals surface area contributed by atoms with Crippen LogP contribution in [0.2, 0.25) is 0 Å². The molecule has 2 amide bonds. The fourth-order valence-electron chi connectivity index (χ4n) is 5.59. The number of hydrogen-bond donors (Lipinski definition) is 2. The third-order valence-corrected chi connectivity index (χ3v) is 6.68. The van der Waals surface area contributed by atoms with E-state index in [1.165, 1.54) is 0 Å². The van der Waals surface area contributed by atoms with Gasteiger partial charge in [-0.25, -0.2) is 0 Å². The maximum absolute atomic E-state index is 13.0. The van der Waals surface area contributed by atoms with E-state index < -0.39 is 6.23 Å². The van der Waals surface area contributed by atoms with Gasteiger partial charge in [0.2, 0.25) is 0 Å². The molecule has 0 bridgehead atoms. The number of aryl methyl sites for hydroxylation is 1. The second kappa shape index (κ2) is 5.29. The number of imide groups is 1. The fourth-order valence-corrected chi connectivity index (χ4v) is 5.59. The van der Waals surface area contributed by atoms with Gasteiger partial charge in [-0.15, -0.1) is 0 Å². The lowest BCUT2D eigenvalue weighted by molar-refractivity contribution is 0.0880. The minimum absolute atomic E-state index is 0.348. The van der Waals surface area contributed by atoms with Crippen LogP contribution in [-0.4, -0.2) is 26.1 Å². The molecule has 4 heterocycles. The number of aromatic nitrogens is 2. The first-order valence-electron chi connectivity index (χ1n) is 10.2. The van der Waals surface area contributed by atoms with Gasteiger partial charge in [0, 0.05) is 33.6 Å². The molecule has 5 aromatic rings. The number of aliphatic hydroxyl groups excluding tert-OH is 1. The normalized spacial score (nSPS) is 18.5. The molecular formula is C24H17N3O3. The monoisotopic (exact) mass is 395 g/mol. The van der Waals surface area contributed by atoms with Crippen molar-refractivity contribution in [2.45, 2.75) is 25.6 Å². The van der Waals surface area contributed by atoms with Gasteiger partial charge in [0.25, 0.3) is 11.8 Å². The van der Waals surface area contributed by atoms with E-state index in [2.05, 4.69) is 16.0 Å². The van der Waals surface area contributed by atoms with Crippen molar-refractivity contribution in [3.63, 3.8) is 0 Å². The van der Waals surface area contributed by atoms with E-state index in [9.17, 15) is 14.7 Å². The van der Waals surface area contributed by atoms with E-state index in [0.717, 1.165) is 56.6 Å². The van der Waals surface area contributed by atoms with Crippen molar-refractivity contribution in [2.75, 3.05) is 0 Å². The standard InChI is InChI=1S/C24H17N3O3/c28-16-10-5-11-26-14-8-3-1-6-12(14)17-19-20(24(30)25-23(19)29)18-13-7-2-4-9-15(13)27(16)22(18)21(17)26/h1-4,6-9,16,28H,5,10-11H2,(H,25,29,30). The van der Waals surface area contributed by atoms with Crippen molar-refractivity contribution in [1.82, 2.24) is 14.5 Å². The van der Waals surface area contributed by atoms with Crippen molar-refractivity contribution in [3.05, 3.63) is 59.7 Å². The lowest BCUT2D eigenvalue weighted by atomic mass is 9.96. The Morgan fingerprint density at radius 3 is 2.17 bits per heavy atom. The lowest BCUT2D eigenvalue weighted by Crippen LogP contribution is -2.20. The van der Waals surface area contributed by atoms with Crippen LogP contribution in [0.4, 0.5) is 0 Å². The number of nitrogens with one attached hydrogen (secondary N) is 1. The second-order valence-electron chi connectivity index (χ2n) is 8.16. The molecule has 0 radical (unpaired) electrons. The fraction of sp³-hybridized carbons (Fsp3) is 0.167. The summed E-state index contributed by atoms with van der Waals surface area (Å²) in [6.45, 7) is 0.742. The molecule has 6 heteroatoms. The zero-order chi connectivity index (χ0) is 20.1. The van der Waals surface area contributed by atoms with Crippen LogP contribution in [0.15, 0.2) is 48.5 Å². The number of benzene rings is 3. The number of aliphatic hydroxyl groups is 1. The van der Waals surface area contributed by atoms with Crippen molar-refractivity contribution in [2.24, 2.45) is 0 Å². The van der Waals surface area contributed by atoms with Gasteiger partial charge in [-0.05, 0) is 25.0 Å². The summed E-state index contributed by atoms with van der Waals surface area (Å²) in [4.78, 5) is 25.9. The SMILES string of the molecule is O=C1NC(=O)c2c1c1c3ccccc3n3c1c1c2c2ccccc2n1C(O)CCC3. The molecule has 3 aromatic carbocycles. The van der Waals surface area contributed by atoms with Gasteiger partial charge in [-0.1, -0.05) is 36.4 Å². The minimum atomic E-state index is -0.694. The molecule has 146 valence electrons. The summed E-state index contributed by atoms with van der Waals surface area (Å²) in [5, 5.41) is 17.0. The van der Waals surface area contributed by atoms with Crippen molar-refractivity contribution in [1.29, 1.82) is 0 Å². The Balaban J connectivity index is 1.93. The molecule has 2 aliphatic heterocycles. The Labute approximate surface area is 170 Å². The van der Waals surface area contributed by atoms with E-state index in [-0.39, 0.29) is 11.8 Å². The van der Waals surface area contributed by atoms with Crippen LogP contribution >= 0.6 is 0 Å². The number of para-hydroxylation sites is 2. The van der Waals surface area contributed by atoms with E-state index >= 15 is 0 Å². The summed E-state index contributed by atoms with van der Waals surface area (Å²) < 4.78 is 4.21. The predicted molar refractivity (Wildman–Crippen MR) is 115 cm³/mol. The van der Waals surface area contributed by atoms with Crippen LogP contribution in [0.1, 0.15) is 39.8 Å². The molecule has 0 spiro atoms. The summed E-state index contributed by atoms with van der Waals surface area (Å²) in [7, 11) is 0. The van der Waals surface area contributed by atoms with Gasteiger partial charge < -0.3 is 14.2 Å². The minimum Gasteiger partial charge on any atom is -0.373 e. The number of hydrogen-bond acceptors (Lipinski definition) is 3. The average molecular weight is 395 g/mol. The van der Waals surface area contributed by atoms with Gasteiger partial charge in [-0.3, -0.25) is 14.9 Å². The van der Waals surface area contributed by atoms with Crippen LogP contribution in [0, 0.1) is 0 Å². The molecule has 2 aliphatic rings. The highest BCUT2D eigenvalue weighted by molar-refractivity contribution is 6.39. The molecule has 1 atom stereocenters. The van der Waals surface area contributed by atoms with E-state index in [4.69, 9.17) is 0 Å². The maximum Gasteiger partial charge on any atom is 0.259 e. The average Bonchev–Trinajstić information content (AvgIpc) is 3.34. The van der Waals surface area contributed by atoms with Crippen LogP contribution < -0.4 is 5.32 Å². The number of fused-ring (bicyclic) bond motifs is 9. The smallest absolute Gasteiger partial charge is 0.259 e. The number of amides is 2. The van der Waals surface area contributed by atoms with Crippen molar-refractivity contribution in [3.8, 4) is 0 Å². The van der Waals surface area contributed by atoms with E-state index in [1.54, 1.807) is 0 Å². The van der Waals surface area contributed by atoms with Crippen molar-refractivity contribution < 1.29 is 14.7 Å². The van der Waals surface area contributed by atoms with E-state index in [0.29, 0.717) is 17.5 Å². The molecule has 7 rings (SSSR count). The number of rotatable bonds is 0. The molecule has 1 unspecified atom stereocenters. The quantitative estimate of drug-likeness (QED) is 0.388. The summed E-state index contributed by atoms with van der Waals surface area (Å²) in [6.07, 6.45) is 0.731. The van der Waals surface area contributed by atoms with Gasteiger partial charge >= 0.3 is 0 Å². The molecule has 30 heavy (non-hydrogen) atoms. The number of carbonyl (C=O) groups excluding carboxylic acids is 2. The van der Waals surface area contributed by atoms with Crippen LogP contribution in [0.25, 0.3) is 43.6 Å². The van der Waals surface area contributed by atoms with Crippen LogP contribution in [0.5, 0.6) is 0 Å². The topological polar surface area (TPSA) is 76.3 Å². The summed E-state index contributed by atoms with van der Waals surface area (Å²) in [5.74, 6) is -0.715. The number of nitrogens with zero attached hydrogens (tertiary/aromatic N) is 2. The highest BCUT2D eigenvalue weighted by Gasteiger charge is 2.37. The van der Waals surface area contributed by atoms with Gasteiger partial charge in [0.1, 0.15) is 6.23 Å². The number of carbonyl (C=O) groups is 2. The predicted octanol–water partition coefficient (Wildman–Crippen LogP) is 4.07. The zero-order valence-corrected chi connectivity index (χ0v) is 16.0. The second-order valence-corrected chi connectivity index (χ2v) is 8.16. The summed E-state index contributed by atoms with van der Waals surface area (Å²) >= 11 is 0. The molecular weight excluding hydrogens is 378 g/mol. The van der Waals surface area contributed by atoms with Crippen LogP contribution in [0.3, 0.4) is 0 Å². The zero-order valence-electron chi connectivity index (χ0n) is 16.0. The first-order chi connectivity index (χ1) is 14.7. The van der Waals surface area contributed by atoms with Crippen molar-refractivity contribution >= 4 is 55.4 Å². The third-order valence-electron chi connectivity index (χ3n) is 6.68. The molecule has 0 saturated carbocycles. The first kappa shape index (κ1) is 16.2.